The number of benzene rings is 3. The fourth-order valence-corrected chi connectivity index (χ4v) is 5.27. The van der Waals surface area contributed by atoms with Crippen LogP contribution in [0.15, 0.2) is 48.5 Å². The largest absolute Gasteiger partial charge is 0.463 e. The monoisotopic (exact) mass is 707 g/mol. The lowest BCUT2D eigenvalue weighted by molar-refractivity contribution is -0.267. The van der Waals surface area contributed by atoms with Gasteiger partial charge in [-0.2, -0.15) is 22.0 Å². The Hall–Kier alpha value is -3.33. The first-order valence-electron chi connectivity index (χ1n) is 11.8. The Balaban J connectivity index is 1.52. The molecule has 0 radical (unpaired) electrons. The van der Waals surface area contributed by atoms with E-state index in [1.165, 1.54) is 18.2 Å². The number of rotatable bonds is 7. The highest BCUT2D eigenvalue weighted by Gasteiger charge is 2.67. The summed E-state index contributed by atoms with van der Waals surface area (Å²) in [4.78, 5) is 37.3. The van der Waals surface area contributed by atoms with E-state index in [0.29, 0.717) is 17.7 Å². The summed E-state index contributed by atoms with van der Waals surface area (Å²) in [5.41, 5.74) is -2.73. The fourth-order valence-electron chi connectivity index (χ4n) is 4.04. The highest BCUT2D eigenvalue weighted by Crippen LogP contribution is 2.65. The Morgan fingerprint density at radius 2 is 1.41 bits per heavy atom. The number of hydrogen-bond donors (Lipinski definition) is 3. The van der Waals surface area contributed by atoms with E-state index in [1.54, 1.807) is 0 Å². The number of alkyl halides is 7. The van der Waals surface area contributed by atoms with Gasteiger partial charge in [-0.1, -0.05) is 29.3 Å². The van der Waals surface area contributed by atoms with Crippen molar-refractivity contribution in [2.24, 2.45) is 5.92 Å². The lowest BCUT2D eigenvalue weighted by atomic mass is 10.1. The summed E-state index contributed by atoms with van der Waals surface area (Å²) in [6.07, 6.45) is -6.36. The molecule has 0 aliphatic heterocycles. The molecule has 3 amide bonds. The molecule has 234 valence electrons. The molecule has 1 fully saturated rings. The summed E-state index contributed by atoms with van der Waals surface area (Å²) >= 11 is 24.4. The van der Waals surface area contributed by atoms with Gasteiger partial charge < -0.3 is 16.0 Å². The molecule has 0 heterocycles. The van der Waals surface area contributed by atoms with Crippen LogP contribution in [0.5, 0.6) is 0 Å². The predicted molar refractivity (Wildman–Crippen MR) is 146 cm³/mol. The minimum absolute atomic E-state index is 0.0432. The molecule has 44 heavy (non-hydrogen) atoms. The van der Waals surface area contributed by atoms with Crippen LogP contribution in [0.2, 0.25) is 10.0 Å². The van der Waals surface area contributed by atoms with E-state index < -0.39 is 80.4 Å². The van der Waals surface area contributed by atoms with Gasteiger partial charge >= 0.3 is 18.0 Å². The second-order valence-electron chi connectivity index (χ2n) is 9.25. The quantitative estimate of drug-likeness (QED) is 0.170. The van der Waals surface area contributed by atoms with Crippen LogP contribution in [-0.4, -0.2) is 34.2 Å². The molecule has 0 bridgehead atoms. The Morgan fingerprint density at radius 3 is 2.02 bits per heavy atom. The Bertz CT molecular complexity index is 1690. The first-order chi connectivity index (χ1) is 20.3. The van der Waals surface area contributed by atoms with Crippen LogP contribution < -0.4 is 16.0 Å². The molecule has 2 atom stereocenters. The summed E-state index contributed by atoms with van der Waals surface area (Å²) in [5, 5.41) is 4.74. The molecule has 6 nitrogen and oxygen atoms in total. The lowest BCUT2D eigenvalue weighted by Crippen LogP contribution is -2.47. The molecule has 0 unspecified atom stereocenters. The van der Waals surface area contributed by atoms with Crippen LogP contribution >= 0.6 is 46.4 Å². The van der Waals surface area contributed by atoms with Gasteiger partial charge in [0, 0.05) is 11.6 Å². The zero-order valence-electron chi connectivity index (χ0n) is 21.0. The molecule has 3 N–H and O–H groups in total. The maximum absolute atomic E-state index is 14.9. The molecule has 1 aliphatic carbocycles. The van der Waals surface area contributed by atoms with Crippen molar-refractivity contribution in [2.75, 3.05) is 16.0 Å². The average molecular weight is 709 g/mol. The van der Waals surface area contributed by atoms with Crippen molar-refractivity contribution in [3.05, 3.63) is 87.2 Å². The SMILES string of the molecule is O=C(Nc1ccc(F)c(NC(=O)C(F)(F)C(F)(F)F)c1F)c1cc(NC(=O)[C@H]2[C@H](c3ccc(F)c(Cl)c3)C2(Cl)Cl)ccc1Cl. The number of carbonyl (C=O) groups is 3. The molecular formula is C26H13Cl4F8N3O3. The van der Waals surface area contributed by atoms with Gasteiger partial charge in [0.2, 0.25) is 5.91 Å². The standard InChI is InChI=1S/C26H13Cl4F8N3O3/c27-12-3-2-10(39-22(43)18-17(24(18,29)30)9-1-4-14(31)13(28)7-9)8-11(12)21(42)40-16-6-5-15(32)20(19(16)33)41-23(44)25(34,35)26(36,37)38/h1-8,17-18H,(H,39,43)(H,40,42)(H,41,44)/t17-,18+/m0/s1. The van der Waals surface area contributed by atoms with Crippen LogP contribution in [0.25, 0.3) is 0 Å². The van der Waals surface area contributed by atoms with Gasteiger partial charge in [0.15, 0.2) is 5.82 Å². The molecular weight excluding hydrogens is 696 g/mol. The van der Waals surface area contributed by atoms with Crippen molar-refractivity contribution in [1.82, 2.24) is 0 Å². The lowest BCUT2D eigenvalue weighted by Gasteiger charge is -2.19. The first-order valence-corrected chi connectivity index (χ1v) is 13.3. The number of halogens is 12. The summed E-state index contributed by atoms with van der Waals surface area (Å²) in [6.45, 7) is 0. The van der Waals surface area contributed by atoms with Gasteiger partial charge in [-0.15, -0.1) is 23.2 Å². The summed E-state index contributed by atoms with van der Waals surface area (Å²) < 4.78 is 105. The Kier molecular flexibility index (Phi) is 9.06. The second kappa shape index (κ2) is 11.9. The first kappa shape index (κ1) is 33.6. The van der Waals surface area contributed by atoms with Crippen LogP contribution in [0.4, 0.5) is 52.2 Å². The fraction of sp³-hybridized carbons (Fsp3) is 0.192. The molecule has 18 heteroatoms. The van der Waals surface area contributed by atoms with E-state index in [0.717, 1.165) is 23.5 Å². The van der Waals surface area contributed by atoms with Crippen molar-refractivity contribution >= 4 is 81.2 Å². The Labute approximate surface area is 261 Å². The molecule has 0 aromatic heterocycles. The van der Waals surface area contributed by atoms with Gasteiger partial charge in [0.25, 0.3) is 5.91 Å². The molecule has 3 aromatic rings. The zero-order valence-corrected chi connectivity index (χ0v) is 24.1. The number of anilines is 3. The third-order valence-electron chi connectivity index (χ3n) is 6.34. The van der Waals surface area contributed by atoms with Gasteiger partial charge in [-0.25, -0.2) is 13.2 Å². The maximum Gasteiger partial charge on any atom is 0.463 e. The van der Waals surface area contributed by atoms with Gasteiger partial charge in [0.1, 0.15) is 21.7 Å². The van der Waals surface area contributed by atoms with E-state index in [9.17, 15) is 49.5 Å². The molecule has 3 aromatic carbocycles. The highest BCUT2D eigenvalue weighted by atomic mass is 35.5. The minimum atomic E-state index is -6.36. The van der Waals surface area contributed by atoms with E-state index >= 15 is 0 Å². The van der Waals surface area contributed by atoms with Gasteiger partial charge in [0.05, 0.1) is 27.2 Å². The van der Waals surface area contributed by atoms with E-state index in [-0.39, 0.29) is 15.7 Å². The average Bonchev–Trinajstić information content (AvgIpc) is 3.51. The van der Waals surface area contributed by atoms with E-state index in [2.05, 4.69) is 5.32 Å². The summed E-state index contributed by atoms with van der Waals surface area (Å²) in [7, 11) is 0. The Morgan fingerprint density at radius 1 is 0.773 bits per heavy atom. The van der Waals surface area contributed by atoms with Crippen molar-refractivity contribution in [3.63, 3.8) is 0 Å². The van der Waals surface area contributed by atoms with Crippen molar-refractivity contribution in [1.29, 1.82) is 0 Å². The second-order valence-corrected chi connectivity index (χ2v) is 11.5. The number of hydrogen-bond acceptors (Lipinski definition) is 3. The number of amides is 3. The van der Waals surface area contributed by atoms with Crippen molar-refractivity contribution < 1.29 is 49.5 Å². The topological polar surface area (TPSA) is 87.3 Å². The molecule has 0 spiro atoms. The normalized spacial score (nSPS) is 17.5. The molecule has 1 aliphatic rings. The van der Waals surface area contributed by atoms with Crippen LogP contribution in [0.1, 0.15) is 21.8 Å². The minimum Gasteiger partial charge on any atom is -0.326 e. The van der Waals surface area contributed by atoms with Crippen LogP contribution in [-0.2, 0) is 9.59 Å². The number of nitrogens with one attached hydrogen (secondary N) is 3. The van der Waals surface area contributed by atoms with Crippen molar-refractivity contribution in [2.45, 2.75) is 22.4 Å². The van der Waals surface area contributed by atoms with Crippen molar-refractivity contribution in [3.8, 4) is 0 Å². The summed E-state index contributed by atoms with van der Waals surface area (Å²) in [6, 6.07) is 8.08. The maximum atomic E-state index is 14.9. The number of carbonyl (C=O) groups excluding carboxylic acids is 3. The van der Waals surface area contributed by atoms with Gasteiger partial charge in [-0.3, -0.25) is 14.4 Å². The van der Waals surface area contributed by atoms with E-state index in [1.807, 2.05) is 5.32 Å². The third kappa shape index (κ3) is 6.39. The van der Waals surface area contributed by atoms with Crippen LogP contribution in [0.3, 0.4) is 0 Å². The highest BCUT2D eigenvalue weighted by molar-refractivity contribution is 6.53. The van der Waals surface area contributed by atoms with Crippen LogP contribution in [0, 0.1) is 23.4 Å². The van der Waals surface area contributed by atoms with Gasteiger partial charge in [-0.05, 0) is 48.0 Å². The summed E-state index contributed by atoms with van der Waals surface area (Å²) in [5.74, 6) is -17.2. The smallest absolute Gasteiger partial charge is 0.326 e. The molecule has 1 saturated carbocycles. The molecule has 0 saturated heterocycles. The van der Waals surface area contributed by atoms with E-state index in [4.69, 9.17) is 46.4 Å². The zero-order chi connectivity index (χ0) is 32.9. The predicted octanol–water partition coefficient (Wildman–Crippen LogP) is 8.33. The molecule has 4 rings (SSSR count). The third-order valence-corrected chi connectivity index (χ3v) is 7.90.